The summed E-state index contributed by atoms with van der Waals surface area (Å²) in [5, 5.41) is 9.11. The third-order valence-electron chi connectivity index (χ3n) is 2.25. The molecule has 0 aromatic heterocycles. The van der Waals surface area contributed by atoms with Gasteiger partial charge in [0, 0.05) is 0 Å². The fourth-order valence-corrected chi connectivity index (χ4v) is 1.68. The summed E-state index contributed by atoms with van der Waals surface area (Å²) in [5.41, 5.74) is 1.96. The fourth-order valence-electron chi connectivity index (χ4n) is 1.45. The highest BCUT2D eigenvalue weighted by Crippen LogP contribution is 2.25. The largest absolute Gasteiger partial charge is 0.207 e. The van der Waals surface area contributed by atoms with Crippen LogP contribution in [0.4, 0.5) is 4.39 Å². The average Bonchev–Trinajstić information content (AvgIpc) is 2.29. The van der Waals surface area contributed by atoms with Crippen LogP contribution in [-0.2, 0) is 0 Å². The molecule has 2 rings (SSSR count). The van der Waals surface area contributed by atoms with Gasteiger partial charge in [-0.15, -0.1) is 0 Å². The summed E-state index contributed by atoms with van der Waals surface area (Å²) in [5.74, 6) is -0.294. The SMILES string of the molecule is N#Cc1ccc(-c2cccc(F)c2)cc1Cl. The number of benzene rings is 2. The number of halogens is 2. The van der Waals surface area contributed by atoms with E-state index in [0.29, 0.717) is 10.6 Å². The van der Waals surface area contributed by atoms with E-state index in [-0.39, 0.29) is 5.82 Å². The fraction of sp³-hybridized carbons (Fsp3) is 0. The molecule has 0 atom stereocenters. The first kappa shape index (κ1) is 10.7. The molecule has 16 heavy (non-hydrogen) atoms. The molecular formula is C13H7ClFN. The number of nitriles is 1. The molecule has 0 aliphatic carbocycles. The molecule has 0 aliphatic rings. The van der Waals surface area contributed by atoms with Gasteiger partial charge in [0.2, 0.25) is 0 Å². The predicted octanol–water partition coefficient (Wildman–Crippen LogP) is 4.02. The van der Waals surface area contributed by atoms with Crippen LogP contribution < -0.4 is 0 Å². The summed E-state index contributed by atoms with van der Waals surface area (Å²) in [7, 11) is 0. The molecule has 0 saturated heterocycles. The molecule has 0 radical (unpaired) electrons. The van der Waals surface area contributed by atoms with Crippen LogP contribution in [0.2, 0.25) is 5.02 Å². The highest BCUT2D eigenvalue weighted by molar-refractivity contribution is 6.32. The van der Waals surface area contributed by atoms with Crippen molar-refractivity contribution < 1.29 is 4.39 Å². The van der Waals surface area contributed by atoms with E-state index in [9.17, 15) is 4.39 Å². The van der Waals surface area contributed by atoms with E-state index in [1.165, 1.54) is 12.1 Å². The van der Waals surface area contributed by atoms with Crippen molar-refractivity contribution in [2.45, 2.75) is 0 Å². The zero-order valence-electron chi connectivity index (χ0n) is 8.24. The van der Waals surface area contributed by atoms with E-state index in [1.807, 2.05) is 6.07 Å². The molecule has 2 aromatic rings. The molecule has 1 nitrogen and oxygen atoms in total. The first-order valence-electron chi connectivity index (χ1n) is 4.66. The average molecular weight is 232 g/mol. The van der Waals surface area contributed by atoms with E-state index < -0.39 is 0 Å². The topological polar surface area (TPSA) is 23.8 Å². The van der Waals surface area contributed by atoms with Crippen molar-refractivity contribution in [1.29, 1.82) is 5.26 Å². The Morgan fingerprint density at radius 3 is 2.44 bits per heavy atom. The summed E-state index contributed by atoms with van der Waals surface area (Å²) in [6.45, 7) is 0. The quantitative estimate of drug-likeness (QED) is 0.727. The highest BCUT2D eigenvalue weighted by Gasteiger charge is 2.03. The van der Waals surface area contributed by atoms with Crippen molar-refractivity contribution in [3.63, 3.8) is 0 Å². The van der Waals surface area contributed by atoms with Crippen molar-refractivity contribution in [1.82, 2.24) is 0 Å². The van der Waals surface area contributed by atoms with Gasteiger partial charge in [-0.1, -0.05) is 29.8 Å². The molecule has 0 aliphatic heterocycles. The number of rotatable bonds is 1. The zero-order valence-corrected chi connectivity index (χ0v) is 9.00. The maximum absolute atomic E-state index is 13.0. The molecule has 0 saturated carbocycles. The minimum Gasteiger partial charge on any atom is -0.207 e. The van der Waals surface area contributed by atoms with Gasteiger partial charge in [-0.2, -0.15) is 5.26 Å². The second kappa shape index (κ2) is 4.34. The van der Waals surface area contributed by atoms with Gasteiger partial charge in [-0.3, -0.25) is 0 Å². The molecule has 0 fully saturated rings. The highest BCUT2D eigenvalue weighted by atomic mass is 35.5. The van der Waals surface area contributed by atoms with E-state index in [0.717, 1.165) is 11.1 Å². The Morgan fingerprint density at radius 1 is 1.06 bits per heavy atom. The lowest BCUT2D eigenvalue weighted by atomic mass is 10.0. The van der Waals surface area contributed by atoms with Gasteiger partial charge in [-0.25, -0.2) is 4.39 Å². The lowest BCUT2D eigenvalue weighted by Crippen LogP contribution is -1.82. The molecule has 0 bridgehead atoms. The minimum absolute atomic E-state index is 0.294. The van der Waals surface area contributed by atoms with Crippen molar-refractivity contribution in [3.05, 3.63) is 58.9 Å². The van der Waals surface area contributed by atoms with Crippen LogP contribution in [-0.4, -0.2) is 0 Å². The van der Waals surface area contributed by atoms with Crippen LogP contribution in [0.5, 0.6) is 0 Å². The van der Waals surface area contributed by atoms with Gasteiger partial charge in [0.15, 0.2) is 0 Å². The van der Waals surface area contributed by atoms with Crippen molar-refractivity contribution in [3.8, 4) is 17.2 Å². The van der Waals surface area contributed by atoms with Gasteiger partial charge in [0.25, 0.3) is 0 Å². The molecule has 0 N–H and O–H groups in total. The van der Waals surface area contributed by atoms with Gasteiger partial charge in [0.1, 0.15) is 11.9 Å². The standard InChI is InChI=1S/C13H7ClFN/c14-13-7-10(4-5-11(13)8-16)9-2-1-3-12(15)6-9/h1-7H. The Bertz CT molecular complexity index is 572. The maximum atomic E-state index is 13.0. The number of nitrogens with zero attached hydrogens (tertiary/aromatic N) is 1. The van der Waals surface area contributed by atoms with Crippen molar-refractivity contribution in [2.75, 3.05) is 0 Å². The Morgan fingerprint density at radius 2 is 1.81 bits per heavy atom. The van der Waals surface area contributed by atoms with Crippen molar-refractivity contribution >= 4 is 11.6 Å². The third-order valence-corrected chi connectivity index (χ3v) is 2.56. The van der Waals surface area contributed by atoms with Crippen LogP contribution in [0.1, 0.15) is 5.56 Å². The Labute approximate surface area is 97.7 Å². The summed E-state index contributed by atoms with van der Waals surface area (Å²) in [6, 6.07) is 13.3. The third kappa shape index (κ3) is 2.05. The van der Waals surface area contributed by atoms with Crippen molar-refractivity contribution in [2.24, 2.45) is 0 Å². The van der Waals surface area contributed by atoms with Gasteiger partial charge < -0.3 is 0 Å². The summed E-state index contributed by atoms with van der Waals surface area (Å²) in [4.78, 5) is 0. The summed E-state index contributed by atoms with van der Waals surface area (Å²) >= 11 is 5.90. The molecule has 3 heteroatoms. The summed E-state index contributed by atoms with van der Waals surface area (Å²) in [6.07, 6.45) is 0. The van der Waals surface area contributed by atoms with Crippen LogP contribution in [0, 0.1) is 17.1 Å². The van der Waals surface area contributed by atoms with E-state index in [4.69, 9.17) is 16.9 Å². The maximum Gasteiger partial charge on any atom is 0.123 e. The molecule has 0 unspecified atom stereocenters. The predicted molar refractivity (Wildman–Crippen MR) is 61.6 cm³/mol. The lowest BCUT2D eigenvalue weighted by Gasteiger charge is -2.03. The Balaban J connectivity index is 2.50. The Hall–Kier alpha value is -1.85. The second-order valence-corrected chi connectivity index (χ2v) is 3.72. The Kier molecular flexibility index (Phi) is 2.89. The van der Waals surface area contributed by atoms with Crippen LogP contribution in [0.25, 0.3) is 11.1 Å². The minimum atomic E-state index is -0.294. The molecule has 0 amide bonds. The monoisotopic (exact) mass is 231 g/mol. The molecule has 0 heterocycles. The molecule has 0 spiro atoms. The van der Waals surface area contributed by atoms with E-state index in [2.05, 4.69) is 0 Å². The summed E-state index contributed by atoms with van der Waals surface area (Å²) < 4.78 is 13.0. The van der Waals surface area contributed by atoms with Crippen LogP contribution in [0.15, 0.2) is 42.5 Å². The molecule has 78 valence electrons. The normalized spacial score (nSPS) is 9.81. The van der Waals surface area contributed by atoms with Crippen LogP contribution in [0.3, 0.4) is 0 Å². The van der Waals surface area contributed by atoms with E-state index in [1.54, 1.807) is 30.3 Å². The first-order valence-corrected chi connectivity index (χ1v) is 5.04. The lowest BCUT2D eigenvalue weighted by molar-refractivity contribution is 0.628. The van der Waals surface area contributed by atoms with Crippen LogP contribution >= 0.6 is 11.6 Å². The molecular weight excluding hydrogens is 225 g/mol. The zero-order chi connectivity index (χ0) is 11.5. The number of hydrogen-bond acceptors (Lipinski definition) is 1. The smallest absolute Gasteiger partial charge is 0.123 e. The first-order chi connectivity index (χ1) is 7.70. The van der Waals surface area contributed by atoms with E-state index >= 15 is 0 Å². The second-order valence-electron chi connectivity index (χ2n) is 3.32. The van der Waals surface area contributed by atoms with Gasteiger partial charge >= 0.3 is 0 Å². The van der Waals surface area contributed by atoms with Gasteiger partial charge in [0.05, 0.1) is 10.6 Å². The van der Waals surface area contributed by atoms with Gasteiger partial charge in [-0.05, 0) is 35.4 Å². The number of hydrogen-bond donors (Lipinski definition) is 0. The molecule has 2 aromatic carbocycles.